The number of carboxylic acids is 1. The van der Waals surface area contributed by atoms with Crippen molar-refractivity contribution in [2.45, 2.75) is 137 Å². The maximum atomic E-state index is 14.7. The molecular formula is C45H73N5O7S. The number of thiazole rings is 1. The summed E-state index contributed by atoms with van der Waals surface area (Å²) in [6.07, 6.45) is 6.32. The number of carbonyl (C=O) groups excluding carboxylic acids is 3. The zero-order chi connectivity index (χ0) is 42.8. The van der Waals surface area contributed by atoms with Crippen LogP contribution in [0.1, 0.15) is 133 Å². The number of ether oxygens (including phenoxy) is 2. The molecule has 2 amide bonds. The third-order valence-electron chi connectivity index (χ3n) is 11.6. The monoisotopic (exact) mass is 828 g/mol. The van der Waals surface area contributed by atoms with Gasteiger partial charge in [0.15, 0.2) is 5.78 Å². The van der Waals surface area contributed by atoms with Crippen molar-refractivity contribution in [3.63, 3.8) is 0 Å². The first-order valence-corrected chi connectivity index (χ1v) is 22.6. The average molecular weight is 828 g/mol. The Morgan fingerprint density at radius 1 is 1.02 bits per heavy atom. The lowest BCUT2D eigenvalue weighted by molar-refractivity contribution is -0.145. The van der Waals surface area contributed by atoms with Gasteiger partial charge in [0.25, 0.3) is 5.91 Å². The summed E-state index contributed by atoms with van der Waals surface area (Å²) in [5, 5.41) is 18.2. The highest BCUT2D eigenvalue weighted by Gasteiger charge is 2.38. The summed E-state index contributed by atoms with van der Waals surface area (Å²) in [6, 6.07) is 6.87. The molecule has 1 aromatic heterocycles. The molecule has 0 saturated carbocycles. The third-order valence-corrected chi connectivity index (χ3v) is 12.5. The third kappa shape index (κ3) is 15.0. The van der Waals surface area contributed by atoms with Gasteiger partial charge in [0.1, 0.15) is 29.2 Å². The summed E-state index contributed by atoms with van der Waals surface area (Å²) >= 11 is 1.36. The Balaban J connectivity index is 1.84. The Bertz CT molecular complexity index is 1550. The van der Waals surface area contributed by atoms with E-state index in [1.54, 1.807) is 12.3 Å². The first kappa shape index (κ1) is 49.0. The van der Waals surface area contributed by atoms with Gasteiger partial charge in [-0.2, -0.15) is 0 Å². The molecule has 1 aliphatic rings. The Kier molecular flexibility index (Phi) is 21.3. The molecule has 7 atom stereocenters. The molecule has 0 bridgehead atoms. The number of carbonyl (C=O) groups is 4. The molecule has 1 aliphatic heterocycles. The van der Waals surface area contributed by atoms with Crippen LogP contribution in [0, 0.1) is 23.7 Å². The number of piperidine rings is 1. The first-order valence-electron chi connectivity index (χ1n) is 21.7. The van der Waals surface area contributed by atoms with E-state index < -0.39 is 30.0 Å². The van der Waals surface area contributed by atoms with Crippen molar-refractivity contribution < 1.29 is 33.8 Å². The smallest absolute Gasteiger partial charge is 0.306 e. The standard InChI is InChI=1S/C45H73N5O7S/c1-10-21-50(44(53)36(31(6)12-3)27-40(51)38-15-13-14-22-49(38)9)39(30(4)5)28-41(57-23-11-2)43-48-37(29-58-43)42(52)47-34(25-32(7)45(54)55)26-33-16-18-35(19-17-33)56-24-20-46-8/h16-19,29-32,34,36,38-39,41,46H,10-15,20-28H2,1-9H3,(H,47,52)(H,54,55)/t31-,32-,34+,36-,38+,39+,41+/m0/s1. The first-order chi connectivity index (χ1) is 27.7. The van der Waals surface area contributed by atoms with Crippen molar-refractivity contribution in [2.75, 3.05) is 46.9 Å². The van der Waals surface area contributed by atoms with E-state index >= 15 is 0 Å². The minimum absolute atomic E-state index is 0.0350. The fraction of sp³-hybridized carbons (Fsp3) is 0.711. The van der Waals surface area contributed by atoms with Gasteiger partial charge >= 0.3 is 5.97 Å². The normalized spacial score (nSPS) is 17.9. The van der Waals surface area contributed by atoms with Crippen LogP contribution < -0.4 is 15.4 Å². The van der Waals surface area contributed by atoms with Gasteiger partial charge in [0, 0.05) is 55.9 Å². The molecule has 326 valence electrons. The molecule has 3 N–H and O–H groups in total. The van der Waals surface area contributed by atoms with E-state index in [0.717, 1.165) is 62.9 Å². The van der Waals surface area contributed by atoms with E-state index in [0.29, 0.717) is 37.6 Å². The van der Waals surface area contributed by atoms with Crippen molar-refractivity contribution in [1.82, 2.24) is 25.4 Å². The molecule has 2 aromatic rings. The summed E-state index contributed by atoms with van der Waals surface area (Å²) in [7, 11) is 3.89. The lowest BCUT2D eigenvalue weighted by Crippen LogP contribution is -2.50. The molecule has 1 saturated heterocycles. The second-order valence-electron chi connectivity index (χ2n) is 16.6. The largest absolute Gasteiger partial charge is 0.492 e. The molecule has 13 heteroatoms. The molecule has 1 fully saturated rings. The zero-order valence-electron chi connectivity index (χ0n) is 36.8. The quantitative estimate of drug-likeness (QED) is 0.0777. The van der Waals surface area contributed by atoms with Gasteiger partial charge in [0.2, 0.25) is 5.91 Å². The van der Waals surface area contributed by atoms with Gasteiger partial charge in [-0.3, -0.25) is 24.1 Å². The highest BCUT2D eigenvalue weighted by molar-refractivity contribution is 7.09. The maximum Gasteiger partial charge on any atom is 0.306 e. The fourth-order valence-corrected chi connectivity index (χ4v) is 8.68. The van der Waals surface area contributed by atoms with Crippen LogP contribution in [0.25, 0.3) is 0 Å². The molecule has 0 radical (unpaired) electrons. The molecule has 3 rings (SSSR count). The number of Topliss-reactive ketones (excluding diaryl/α,β-unsaturated/α-hetero) is 1. The highest BCUT2D eigenvalue weighted by Crippen LogP contribution is 2.34. The minimum Gasteiger partial charge on any atom is -0.492 e. The molecule has 0 spiro atoms. The van der Waals surface area contributed by atoms with Gasteiger partial charge in [0.05, 0.1) is 12.0 Å². The summed E-state index contributed by atoms with van der Waals surface area (Å²) in [4.78, 5) is 63.1. The number of hydrogen-bond donors (Lipinski definition) is 3. The van der Waals surface area contributed by atoms with E-state index in [1.165, 1.54) is 11.3 Å². The van der Waals surface area contributed by atoms with E-state index in [-0.39, 0.29) is 60.1 Å². The number of hydrogen-bond acceptors (Lipinski definition) is 10. The van der Waals surface area contributed by atoms with Crippen LogP contribution in [0.15, 0.2) is 29.6 Å². The second kappa shape index (κ2) is 25.3. The van der Waals surface area contributed by atoms with Crippen LogP contribution in [0.2, 0.25) is 0 Å². The van der Waals surface area contributed by atoms with Crippen molar-refractivity contribution in [3.8, 4) is 5.75 Å². The molecule has 2 heterocycles. The van der Waals surface area contributed by atoms with Crippen LogP contribution >= 0.6 is 11.3 Å². The van der Waals surface area contributed by atoms with Gasteiger partial charge in [-0.25, -0.2) is 4.98 Å². The lowest BCUT2D eigenvalue weighted by Gasteiger charge is -2.40. The van der Waals surface area contributed by atoms with Crippen molar-refractivity contribution in [2.24, 2.45) is 23.7 Å². The van der Waals surface area contributed by atoms with Crippen LogP contribution in [0.4, 0.5) is 0 Å². The van der Waals surface area contributed by atoms with Crippen molar-refractivity contribution >= 4 is 34.9 Å². The summed E-state index contributed by atoms with van der Waals surface area (Å²) in [5.74, 6) is -1.29. The SMILES string of the molecule is CCCO[C@H](C[C@H](C(C)C)N(CCC)C(=O)[C@@H](CC(=O)[C@H]1CCCCN1C)[C@@H](C)CC)c1nc(C(=O)N[C@@H](Cc2ccc(OCCNC)cc2)C[C@H](C)C(=O)O)cs1. The molecule has 0 unspecified atom stereocenters. The van der Waals surface area contributed by atoms with Gasteiger partial charge in [-0.05, 0) is 88.7 Å². The zero-order valence-corrected chi connectivity index (χ0v) is 37.6. The van der Waals surface area contributed by atoms with Crippen LogP contribution in [-0.4, -0.2) is 109 Å². The number of aromatic nitrogens is 1. The van der Waals surface area contributed by atoms with Crippen LogP contribution in [0.3, 0.4) is 0 Å². The van der Waals surface area contributed by atoms with Crippen molar-refractivity contribution in [1.29, 1.82) is 0 Å². The maximum absolute atomic E-state index is 14.7. The number of likely N-dealkylation sites (N-methyl/N-ethyl adjacent to an activating group) is 2. The minimum atomic E-state index is -0.923. The van der Waals surface area contributed by atoms with E-state index in [2.05, 4.69) is 50.2 Å². The van der Waals surface area contributed by atoms with Crippen molar-refractivity contribution in [3.05, 3.63) is 45.9 Å². The lowest BCUT2D eigenvalue weighted by atomic mass is 9.82. The predicted octanol–water partition coefficient (Wildman–Crippen LogP) is 7.42. The Hall–Kier alpha value is -3.39. The molecule has 12 nitrogen and oxygen atoms in total. The number of nitrogens with zero attached hydrogens (tertiary/aromatic N) is 3. The fourth-order valence-electron chi connectivity index (χ4n) is 7.82. The second-order valence-corrected chi connectivity index (χ2v) is 17.5. The number of amides is 2. The number of rotatable bonds is 27. The topological polar surface area (TPSA) is 150 Å². The molecular weight excluding hydrogens is 755 g/mol. The Morgan fingerprint density at radius 3 is 2.34 bits per heavy atom. The van der Waals surface area contributed by atoms with Crippen LogP contribution in [0.5, 0.6) is 5.75 Å². The van der Waals surface area contributed by atoms with Crippen LogP contribution in [-0.2, 0) is 25.5 Å². The summed E-state index contributed by atoms with van der Waals surface area (Å²) in [5.41, 5.74) is 1.19. The predicted molar refractivity (Wildman–Crippen MR) is 231 cm³/mol. The number of nitrogens with one attached hydrogen (secondary N) is 2. The highest BCUT2D eigenvalue weighted by atomic mass is 32.1. The van der Waals surface area contributed by atoms with Gasteiger partial charge < -0.3 is 30.1 Å². The van der Waals surface area contributed by atoms with Gasteiger partial charge in [-0.15, -0.1) is 11.3 Å². The summed E-state index contributed by atoms with van der Waals surface area (Å²) < 4.78 is 12.2. The average Bonchev–Trinajstić information content (AvgIpc) is 3.70. The number of benzene rings is 1. The number of carboxylic acid groups (broad SMARTS) is 1. The van der Waals surface area contributed by atoms with E-state index in [9.17, 15) is 24.3 Å². The number of aliphatic carboxylic acids is 1. The Morgan fingerprint density at radius 2 is 1.74 bits per heavy atom. The van der Waals surface area contributed by atoms with E-state index in [1.807, 2.05) is 50.2 Å². The number of likely N-dealkylation sites (tertiary alicyclic amines) is 1. The Labute approximate surface area is 352 Å². The summed E-state index contributed by atoms with van der Waals surface area (Å²) in [6.45, 7) is 17.4. The molecule has 58 heavy (non-hydrogen) atoms. The molecule has 0 aliphatic carbocycles. The van der Waals surface area contributed by atoms with Gasteiger partial charge in [-0.1, -0.05) is 73.4 Å². The molecule has 1 aromatic carbocycles. The van der Waals surface area contributed by atoms with E-state index in [4.69, 9.17) is 14.5 Å². The number of ketones is 1.